The van der Waals surface area contributed by atoms with Crippen LogP contribution in [0.15, 0.2) is 36.4 Å². The zero-order valence-electron chi connectivity index (χ0n) is 25.1. The van der Waals surface area contributed by atoms with Gasteiger partial charge in [0.05, 0.1) is 18.4 Å². The van der Waals surface area contributed by atoms with Crippen molar-refractivity contribution in [3.63, 3.8) is 0 Å². The number of nitrogens with zero attached hydrogens (tertiary/aromatic N) is 4. The van der Waals surface area contributed by atoms with Crippen molar-refractivity contribution in [3.05, 3.63) is 53.2 Å². The number of halogens is 3. The first-order valence-corrected chi connectivity index (χ1v) is 15.1. The first-order chi connectivity index (χ1) is 20.4. The van der Waals surface area contributed by atoms with Gasteiger partial charge in [-0.25, -0.2) is 4.98 Å². The van der Waals surface area contributed by atoms with Crippen LogP contribution in [0.4, 0.5) is 19.0 Å². The number of ether oxygens (including phenoxy) is 1. The first-order valence-electron chi connectivity index (χ1n) is 15.1. The third kappa shape index (κ3) is 6.46. The Balaban J connectivity index is 1.15. The summed E-state index contributed by atoms with van der Waals surface area (Å²) < 4.78 is 47.5. The molecule has 43 heavy (non-hydrogen) atoms. The van der Waals surface area contributed by atoms with E-state index in [9.17, 15) is 27.9 Å². The normalized spacial score (nSPS) is 20.1. The molecule has 3 fully saturated rings. The molecular formula is C32H41F3N4O4. The van der Waals surface area contributed by atoms with Gasteiger partial charge in [0.1, 0.15) is 11.6 Å². The minimum atomic E-state index is -5.18. The van der Waals surface area contributed by atoms with Gasteiger partial charge in [0.25, 0.3) is 17.4 Å². The molecule has 1 N–H and O–H groups in total. The summed E-state index contributed by atoms with van der Waals surface area (Å²) in [4.78, 5) is 35.8. The summed E-state index contributed by atoms with van der Waals surface area (Å²) in [5.74, 6) is 0.852. The Hall–Kier alpha value is -3.34. The van der Waals surface area contributed by atoms with E-state index in [2.05, 4.69) is 4.90 Å². The molecule has 2 aromatic rings. The van der Waals surface area contributed by atoms with E-state index in [4.69, 9.17) is 9.72 Å². The number of amides is 2. The molecule has 2 aliphatic heterocycles. The second-order valence-electron chi connectivity index (χ2n) is 12.4. The van der Waals surface area contributed by atoms with Crippen LogP contribution in [0.25, 0.3) is 0 Å². The molecular weight excluding hydrogens is 561 g/mol. The highest BCUT2D eigenvalue weighted by molar-refractivity contribution is 5.95. The molecule has 1 saturated carbocycles. The van der Waals surface area contributed by atoms with Gasteiger partial charge in [0, 0.05) is 51.8 Å². The summed E-state index contributed by atoms with van der Waals surface area (Å²) in [6.07, 6.45) is 1.09. The molecule has 2 amide bonds. The van der Waals surface area contributed by atoms with Gasteiger partial charge < -0.3 is 24.5 Å². The molecule has 0 unspecified atom stereocenters. The SMILES string of the molecule is COc1cccc([C@@](O)(C(=O)N2CCC(CC3CCN(c4ccc(C(=O)N(C)C)c(C5CC5)n4)CC3)CC2)C(F)(F)F)c1. The van der Waals surface area contributed by atoms with Gasteiger partial charge in [-0.05, 0) is 81.0 Å². The summed E-state index contributed by atoms with van der Waals surface area (Å²) in [5.41, 5.74) is -2.58. The molecule has 3 heterocycles. The summed E-state index contributed by atoms with van der Waals surface area (Å²) in [5, 5.41) is 10.8. The number of hydrogen-bond donors (Lipinski definition) is 1. The average molecular weight is 603 g/mol. The van der Waals surface area contributed by atoms with Crippen LogP contribution in [-0.4, -0.2) is 85.3 Å². The highest BCUT2D eigenvalue weighted by Crippen LogP contribution is 2.43. The molecule has 3 aliphatic rings. The predicted molar refractivity (Wildman–Crippen MR) is 156 cm³/mol. The summed E-state index contributed by atoms with van der Waals surface area (Å²) >= 11 is 0. The van der Waals surface area contributed by atoms with E-state index in [1.165, 1.54) is 19.2 Å². The number of anilines is 1. The number of carbonyl (C=O) groups excluding carboxylic acids is 2. The lowest BCUT2D eigenvalue weighted by Crippen LogP contribution is -2.57. The Labute approximate surface area is 250 Å². The summed E-state index contributed by atoms with van der Waals surface area (Å²) in [7, 11) is 4.82. The Kier molecular flexibility index (Phi) is 8.92. The topological polar surface area (TPSA) is 86.2 Å². The number of methoxy groups -OCH3 is 1. The smallest absolute Gasteiger partial charge is 0.430 e. The van der Waals surface area contributed by atoms with Crippen LogP contribution < -0.4 is 9.64 Å². The number of carbonyl (C=O) groups is 2. The molecule has 5 rings (SSSR count). The zero-order chi connectivity index (χ0) is 30.9. The van der Waals surface area contributed by atoms with Crippen LogP contribution in [-0.2, 0) is 10.4 Å². The van der Waals surface area contributed by atoms with Gasteiger partial charge in [-0.15, -0.1) is 0 Å². The molecule has 0 spiro atoms. The van der Waals surface area contributed by atoms with Crippen LogP contribution in [0.5, 0.6) is 5.75 Å². The highest BCUT2D eigenvalue weighted by Gasteiger charge is 2.62. The van der Waals surface area contributed by atoms with E-state index < -0.39 is 23.2 Å². The lowest BCUT2D eigenvalue weighted by molar-refractivity contribution is -0.262. The van der Waals surface area contributed by atoms with Crippen LogP contribution in [0.3, 0.4) is 0 Å². The quantitative estimate of drug-likeness (QED) is 0.460. The number of benzene rings is 1. The third-order valence-electron chi connectivity index (χ3n) is 9.22. The van der Waals surface area contributed by atoms with Gasteiger partial charge in [0.15, 0.2) is 0 Å². The number of piperidine rings is 2. The monoisotopic (exact) mass is 602 g/mol. The molecule has 11 heteroatoms. The molecule has 1 aromatic heterocycles. The molecule has 1 aliphatic carbocycles. The lowest BCUT2D eigenvalue weighted by atomic mass is 9.82. The van der Waals surface area contributed by atoms with Gasteiger partial charge in [-0.3, -0.25) is 9.59 Å². The second-order valence-corrected chi connectivity index (χ2v) is 12.4. The molecule has 0 radical (unpaired) electrons. The largest absolute Gasteiger partial charge is 0.497 e. The van der Waals surface area contributed by atoms with Crippen molar-refractivity contribution >= 4 is 17.6 Å². The average Bonchev–Trinajstić information content (AvgIpc) is 3.85. The number of pyridine rings is 1. The van der Waals surface area contributed by atoms with E-state index in [1.807, 2.05) is 12.1 Å². The van der Waals surface area contributed by atoms with E-state index >= 15 is 0 Å². The van der Waals surface area contributed by atoms with E-state index in [0.717, 1.165) is 73.7 Å². The molecule has 0 bridgehead atoms. The summed E-state index contributed by atoms with van der Waals surface area (Å²) in [6, 6.07) is 8.82. The number of aliphatic hydroxyl groups is 1. The fraction of sp³-hybridized carbons (Fsp3) is 0.594. The third-order valence-corrected chi connectivity index (χ3v) is 9.22. The standard InChI is InChI=1S/C32H41F3N4O4/c1-37(2)29(40)26-9-10-27(36-28(26)23-7-8-23)38-15-11-21(12-16-38)19-22-13-17-39(18-14-22)30(41)31(42,32(33,34)35)24-5-4-6-25(20-24)43-3/h4-6,9-10,20-23,42H,7-8,11-19H2,1-3H3/t31-/m1/s1. The van der Waals surface area contributed by atoms with Crippen molar-refractivity contribution in [3.8, 4) is 5.75 Å². The fourth-order valence-corrected chi connectivity index (χ4v) is 6.46. The molecule has 1 aromatic carbocycles. The van der Waals surface area contributed by atoms with Crippen molar-refractivity contribution in [1.29, 1.82) is 0 Å². The first kappa shape index (κ1) is 31.1. The van der Waals surface area contributed by atoms with E-state index in [1.54, 1.807) is 19.0 Å². The van der Waals surface area contributed by atoms with Crippen molar-refractivity contribution in [2.75, 3.05) is 52.3 Å². The summed E-state index contributed by atoms with van der Waals surface area (Å²) in [6.45, 7) is 2.08. The Morgan fingerprint density at radius 1 is 0.977 bits per heavy atom. The van der Waals surface area contributed by atoms with Crippen LogP contribution >= 0.6 is 0 Å². The van der Waals surface area contributed by atoms with E-state index in [-0.39, 0.29) is 24.7 Å². The number of likely N-dealkylation sites (tertiary alicyclic amines) is 1. The van der Waals surface area contributed by atoms with Crippen molar-refractivity contribution < 1.29 is 32.6 Å². The molecule has 8 nitrogen and oxygen atoms in total. The van der Waals surface area contributed by atoms with Gasteiger partial charge in [0.2, 0.25) is 0 Å². The van der Waals surface area contributed by atoms with Crippen LogP contribution in [0.1, 0.15) is 72.5 Å². The van der Waals surface area contributed by atoms with Crippen molar-refractivity contribution in [2.24, 2.45) is 11.8 Å². The van der Waals surface area contributed by atoms with E-state index in [0.29, 0.717) is 36.2 Å². The number of aromatic nitrogens is 1. The number of rotatable bonds is 8. The van der Waals surface area contributed by atoms with Crippen LogP contribution in [0.2, 0.25) is 0 Å². The van der Waals surface area contributed by atoms with Gasteiger partial charge in [-0.2, -0.15) is 13.2 Å². The highest BCUT2D eigenvalue weighted by atomic mass is 19.4. The molecule has 234 valence electrons. The van der Waals surface area contributed by atoms with Crippen LogP contribution in [0, 0.1) is 11.8 Å². The zero-order valence-corrected chi connectivity index (χ0v) is 25.1. The second kappa shape index (κ2) is 12.3. The van der Waals surface area contributed by atoms with Crippen molar-refractivity contribution in [2.45, 2.75) is 62.6 Å². The number of hydrogen-bond acceptors (Lipinski definition) is 6. The number of alkyl halides is 3. The van der Waals surface area contributed by atoms with Crippen molar-refractivity contribution in [1.82, 2.24) is 14.8 Å². The maximum absolute atomic E-state index is 14.2. The Morgan fingerprint density at radius 3 is 2.16 bits per heavy atom. The maximum atomic E-state index is 14.2. The maximum Gasteiger partial charge on any atom is 0.430 e. The minimum absolute atomic E-state index is 0.0178. The molecule has 1 atom stereocenters. The Morgan fingerprint density at radius 2 is 1.60 bits per heavy atom. The minimum Gasteiger partial charge on any atom is -0.497 e. The van der Waals surface area contributed by atoms with Gasteiger partial charge >= 0.3 is 6.18 Å². The fourth-order valence-electron chi connectivity index (χ4n) is 6.46. The Bertz CT molecular complexity index is 1320. The lowest BCUT2D eigenvalue weighted by Gasteiger charge is -2.40. The molecule has 2 saturated heterocycles. The van der Waals surface area contributed by atoms with Gasteiger partial charge in [-0.1, -0.05) is 12.1 Å². The predicted octanol–water partition coefficient (Wildman–Crippen LogP) is 4.96.